The lowest BCUT2D eigenvalue weighted by molar-refractivity contribution is -0.115. The van der Waals surface area contributed by atoms with Gasteiger partial charge in [-0.2, -0.15) is 0 Å². The normalized spacial score (nSPS) is 11.6. The van der Waals surface area contributed by atoms with E-state index in [1.165, 1.54) is 23.9 Å². The van der Waals surface area contributed by atoms with Crippen molar-refractivity contribution in [3.05, 3.63) is 102 Å². The summed E-state index contributed by atoms with van der Waals surface area (Å²) in [5.74, 6) is -1.52. The molecule has 0 aliphatic carbocycles. The minimum atomic E-state index is -1.05. The molecule has 4 aromatic rings. The predicted molar refractivity (Wildman–Crippen MR) is 136 cm³/mol. The fraction of sp³-hybridized carbons (Fsp3) is 0.0741. The topological polar surface area (TPSA) is 95.5 Å². The highest BCUT2D eigenvalue weighted by atomic mass is 32.2. The van der Waals surface area contributed by atoms with Gasteiger partial charge < -0.3 is 15.7 Å². The molecular formula is C27H22N2O4S. The zero-order chi connectivity index (χ0) is 24.1. The van der Waals surface area contributed by atoms with E-state index in [4.69, 9.17) is 5.11 Å². The number of carbonyl (C=O) groups is 3. The second kappa shape index (κ2) is 10.2. The van der Waals surface area contributed by atoms with Crippen molar-refractivity contribution in [1.82, 2.24) is 0 Å². The van der Waals surface area contributed by atoms with E-state index in [1.807, 2.05) is 54.6 Å². The lowest BCUT2D eigenvalue weighted by Crippen LogP contribution is -2.22. The van der Waals surface area contributed by atoms with Crippen molar-refractivity contribution in [2.45, 2.75) is 17.1 Å². The number of rotatable bonds is 7. The van der Waals surface area contributed by atoms with Crippen molar-refractivity contribution >= 4 is 51.7 Å². The molecule has 34 heavy (non-hydrogen) atoms. The number of carboxylic acid groups (broad SMARTS) is 1. The maximum absolute atomic E-state index is 12.8. The maximum Gasteiger partial charge on any atom is 0.335 e. The van der Waals surface area contributed by atoms with E-state index in [2.05, 4.69) is 10.6 Å². The van der Waals surface area contributed by atoms with Crippen LogP contribution < -0.4 is 10.6 Å². The number of amides is 2. The lowest BCUT2D eigenvalue weighted by atomic mass is 10.1. The van der Waals surface area contributed by atoms with Crippen molar-refractivity contribution in [3.63, 3.8) is 0 Å². The smallest absolute Gasteiger partial charge is 0.335 e. The van der Waals surface area contributed by atoms with Gasteiger partial charge in [0.25, 0.3) is 5.91 Å². The van der Waals surface area contributed by atoms with Crippen LogP contribution in [-0.2, 0) is 4.79 Å². The Hall–Kier alpha value is -4.10. The molecule has 0 aliphatic heterocycles. The van der Waals surface area contributed by atoms with Crippen LogP contribution in [0.15, 0.2) is 95.9 Å². The van der Waals surface area contributed by atoms with E-state index in [-0.39, 0.29) is 17.4 Å². The number of carbonyl (C=O) groups excluding carboxylic acids is 2. The molecule has 4 rings (SSSR count). The number of thioether (sulfide) groups is 1. The first-order chi connectivity index (χ1) is 16.4. The van der Waals surface area contributed by atoms with Crippen LogP contribution in [0.2, 0.25) is 0 Å². The molecule has 0 heterocycles. The molecule has 0 saturated carbocycles. The summed E-state index contributed by atoms with van der Waals surface area (Å²) in [5.41, 5.74) is 1.72. The van der Waals surface area contributed by atoms with Crippen LogP contribution in [0.4, 0.5) is 11.4 Å². The monoisotopic (exact) mass is 470 g/mol. The number of anilines is 2. The summed E-state index contributed by atoms with van der Waals surface area (Å²) >= 11 is 1.34. The fourth-order valence-electron chi connectivity index (χ4n) is 3.41. The predicted octanol–water partition coefficient (Wildman–Crippen LogP) is 5.91. The van der Waals surface area contributed by atoms with Crippen LogP contribution in [0.1, 0.15) is 27.6 Å². The molecule has 2 amide bonds. The Kier molecular flexibility index (Phi) is 6.94. The van der Waals surface area contributed by atoms with E-state index >= 15 is 0 Å². The van der Waals surface area contributed by atoms with Gasteiger partial charge in [0.15, 0.2) is 0 Å². The molecule has 0 radical (unpaired) electrons. The van der Waals surface area contributed by atoms with E-state index in [9.17, 15) is 14.4 Å². The first-order valence-electron chi connectivity index (χ1n) is 10.6. The Bertz CT molecular complexity index is 1390. The van der Waals surface area contributed by atoms with Gasteiger partial charge in [-0.1, -0.05) is 42.5 Å². The summed E-state index contributed by atoms with van der Waals surface area (Å²) in [4.78, 5) is 37.3. The van der Waals surface area contributed by atoms with Crippen molar-refractivity contribution in [2.75, 3.05) is 10.6 Å². The molecule has 1 unspecified atom stereocenters. The highest BCUT2D eigenvalue weighted by molar-refractivity contribution is 8.00. The first kappa shape index (κ1) is 23.1. The number of hydrogen-bond acceptors (Lipinski definition) is 4. The Morgan fingerprint density at radius 1 is 0.735 bits per heavy atom. The molecule has 7 heteroatoms. The van der Waals surface area contributed by atoms with Gasteiger partial charge in [0.2, 0.25) is 5.91 Å². The van der Waals surface area contributed by atoms with Gasteiger partial charge in [-0.05, 0) is 66.2 Å². The maximum atomic E-state index is 12.8. The number of fused-ring (bicyclic) bond motifs is 1. The SMILES string of the molecule is CC(Sc1cccc(NC(=O)c2ccc3ccccc3c2)c1)C(=O)Nc1cccc(C(=O)O)c1. The van der Waals surface area contributed by atoms with Crippen LogP contribution in [0, 0.1) is 0 Å². The highest BCUT2D eigenvalue weighted by Gasteiger charge is 2.16. The van der Waals surface area contributed by atoms with Crippen molar-refractivity contribution in [1.29, 1.82) is 0 Å². The zero-order valence-electron chi connectivity index (χ0n) is 18.3. The van der Waals surface area contributed by atoms with Crippen molar-refractivity contribution < 1.29 is 19.5 Å². The van der Waals surface area contributed by atoms with E-state index in [1.54, 1.807) is 31.2 Å². The second-order valence-corrected chi connectivity index (χ2v) is 9.09. The van der Waals surface area contributed by atoms with Crippen LogP contribution in [0.5, 0.6) is 0 Å². The van der Waals surface area contributed by atoms with Gasteiger partial charge >= 0.3 is 5.97 Å². The van der Waals surface area contributed by atoms with E-state index in [0.29, 0.717) is 16.9 Å². The molecule has 6 nitrogen and oxygen atoms in total. The molecule has 0 saturated heterocycles. The first-order valence-corrected chi connectivity index (χ1v) is 11.5. The van der Waals surface area contributed by atoms with Crippen LogP contribution in [0.25, 0.3) is 10.8 Å². The van der Waals surface area contributed by atoms with Crippen molar-refractivity contribution in [3.8, 4) is 0 Å². The highest BCUT2D eigenvalue weighted by Crippen LogP contribution is 2.27. The number of aromatic carboxylic acids is 1. The third-order valence-corrected chi connectivity index (χ3v) is 6.26. The third kappa shape index (κ3) is 5.63. The minimum Gasteiger partial charge on any atom is -0.478 e. The molecule has 0 aliphatic rings. The average molecular weight is 471 g/mol. The van der Waals surface area contributed by atoms with Crippen LogP contribution >= 0.6 is 11.8 Å². The largest absolute Gasteiger partial charge is 0.478 e. The number of benzene rings is 4. The molecule has 0 bridgehead atoms. The standard InChI is InChI=1S/C27H22N2O4S/c1-17(25(30)28-22-9-4-8-21(15-22)27(32)33)34-24-11-5-10-23(16-24)29-26(31)20-13-12-18-6-2-3-7-19(18)14-20/h2-17H,1H3,(H,28,30)(H,29,31)(H,32,33). The summed E-state index contributed by atoms with van der Waals surface area (Å²) < 4.78 is 0. The Balaban J connectivity index is 1.40. The average Bonchev–Trinajstić information content (AvgIpc) is 2.84. The van der Waals surface area contributed by atoms with Gasteiger partial charge in [-0.15, -0.1) is 11.8 Å². The third-order valence-electron chi connectivity index (χ3n) is 5.16. The fourth-order valence-corrected chi connectivity index (χ4v) is 4.34. The van der Waals surface area contributed by atoms with Crippen molar-refractivity contribution in [2.24, 2.45) is 0 Å². The number of nitrogens with one attached hydrogen (secondary N) is 2. The zero-order valence-corrected chi connectivity index (χ0v) is 19.1. The molecule has 3 N–H and O–H groups in total. The Labute approximate surface area is 201 Å². The Morgan fingerprint density at radius 3 is 2.21 bits per heavy atom. The molecular weight excluding hydrogens is 448 g/mol. The number of hydrogen-bond donors (Lipinski definition) is 3. The molecule has 0 spiro atoms. The van der Waals surface area contributed by atoms with Gasteiger partial charge in [0.05, 0.1) is 10.8 Å². The minimum absolute atomic E-state index is 0.105. The molecule has 4 aromatic carbocycles. The van der Waals surface area contributed by atoms with Gasteiger partial charge in [0.1, 0.15) is 0 Å². The molecule has 0 fully saturated rings. The lowest BCUT2D eigenvalue weighted by Gasteiger charge is -2.13. The Morgan fingerprint density at radius 2 is 1.44 bits per heavy atom. The second-order valence-electron chi connectivity index (χ2n) is 7.68. The van der Waals surface area contributed by atoms with E-state index in [0.717, 1.165) is 15.7 Å². The van der Waals surface area contributed by atoms with Gasteiger partial charge in [0, 0.05) is 21.8 Å². The summed E-state index contributed by atoms with van der Waals surface area (Å²) in [6.07, 6.45) is 0. The molecule has 1 atom stereocenters. The number of carboxylic acids is 1. The van der Waals surface area contributed by atoms with Gasteiger partial charge in [-0.25, -0.2) is 4.79 Å². The van der Waals surface area contributed by atoms with Crippen LogP contribution in [-0.4, -0.2) is 28.1 Å². The summed E-state index contributed by atoms with van der Waals surface area (Å²) in [7, 11) is 0. The summed E-state index contributed by atoms with van der Waals surface area (Å²) in [6, 6.07) is 26.8. The molecule has 170 valence electrons. The van der Waals surface area contributed by atoms with Crippen LogP contribution in [0.3, 0.4) is 0 Å². The summed E-state index contributed by atoms with van der Waals surface area (Å²) in [5, 5.41) is 16.4. The molecule has 0 aromatic heterocycles. The van der Waals surface area contributed by atoms with E-state index < -0.39 is 11.2 Å². The van der Waals surface area contributed by atoms with Gasteiger partial charge in [-0.3, -0.25) is 9.59 Å². The summed E-state index contributed by atoms with van der Waals surface area (Å²) in [6.45, 7) is 1.77. The quantitative estimate of drug-likeness (QED) is 0.292.